The van der Waals surface area contributed by atoms with Gasteiger partial charge in [0.15, 0.2) is 6.61 Å². The van der Waals surface area contributed by atoms with Gasteiger partial charge >= 0.3 is 5.97 Å². The quantitative estimate of drug-likeness (QED) is 0.0856. The molecule has 0 aliphatic heterocycles. The maximum Gasteiger partial charge on any atom is 0.355 e. The van der Waals surface area contributed by atoms with E-state index in [-0.39, 0.29) is 12.4 Å². The van der Waals surface area contributed by atoms with Gasteiger partial charge in [-0.2, -0.15) is 5.10 Å². The topological polar surface area (TPSA) is 86.2 Å². The minimum atomic E-state index is -0.569. The first-order chi connectivity index (χ1) is 19.6. The van der Waals surface area contributed by atoms with Gasteiger partial charge in [0.2, 0.25) is 0 Å². The van der Waals surface area contributed by atoms with Crippen LogP contribution in [0.4, 0.5) is 0 Å². The lowest BCUT2D eigenvalue weighted by Crippen LogP contribution is -2.24. The summed E-state index contributed by atoms with van der Waals surface area (Å²) in [7, 11) is 0. The Balaban J connectivity index is 1.12. The zero-order valence-electron chi connectivity index (χ0n) is 21.1. The third kappa shape index (κ3) is 6.85. The van der Waals surface area contributed by atoms with E-state index in [4.69, 9.17) is 25.8 Å². The number of rotatable bonds is 10. The molecule has 40 heavy (non-hydrogen) atoms. The van der Waals surface area contributed by atoms with E-state index in [1.54, 1.807) is 48.5 Å². The number of nitrogens with one attached hydrogen (secondary N) is 1. The molecular weight excluding hydrogens is 548 g/mol. The van der Waals surface area contributed by atoms with Crippen molar-refractivity contribution in [1.82, 2.24) is 5.43 Å². The van der Waals surface area contributed by atoms with Crippen molar-refractivity contribution in [3.8, 4) is 17.2 Å². The molecule has 1 heterocycles. The second-order valence-corrected chi connectivity index (χ2v) is 9.93. The summed E-state index contributed by atoms with van der Waals surface area (Å²) in [5.74, 6) is 0.473. The van der Waals surface area contributed by atoms with Crippen LogP contribution in [-0.2, 0) is 11.4 Å². The van der Waals surface area contributed by atoms with Crippen LogP contribution < -0.4 is 19.6 Å². The van der Waals surface area contributed by atoms with E-state index in [1.165, 1.54) is 17.6 Å². The van der Waals surface area contributed by atoms with E-state index >= 15 is 0 Å². The van der Waals surface area contributed by atoms with Gasteiger partial charge in [-0.1, -0.05) is 72.3 Å². The Bertz CT molecular complexity index is 1650. The number of carbonyl (C=O) groups excluding carboxylic acids is 2. The van der Waals surface area contributed by atoms with Gasteiger partial charge in [-0.25, -0.2) is 10.2 Å². The molecule has 1 N–H and O–H groups in total. The predicted octanol–water partition coefficient (Wildman–Crippen LogP) is 6.88. The van der Waals surface area contributed by atoms with Crippen molar-refractivity contribution in [2.45, 2.75) is 6.61 Å². The van der Waals surface area contributed by atoms with Crippen molar-refractivity contribution in [3.05, 3.63) is 124 Å². The highest BCUT2D eigenvalue weighted by molar-refractivity contribution is 7.21. The molecular formula is C31H23ClN2O5S. The molecule has 9 heteroatoms. The van der Waals surface area contributed by atoms with Crippen LogP contribution >= 0.6 is 22.9 Å². The number of benzene rings is 4. The SMILES string of the molecule is O=C(COc1ccc(OCc2ccccc2)cc1)N/N=C\c1ccccc1OC(=O)c1sc2ccccc2c1Cl. The fourth-order valence-electron chi connectivity index (χ4n) is 3.70. The minimum Gasteiger partial charge on any atom is -0.489 e. The number of amides is 1. The molecule has 1 aromatic heterocycles. The fraction of sp³-hybridized carbons (Fsp3) is 0.0645. The molecule has 0 fully saturated rings. The zero-order valence-corrected chi connectivity index (χ0v) is 22.7. The lowest BCUT2D eigenvalue weighted by molar-refractivity contribution is -0.123. The van der Waals surface area contributed by atoms with Crippen LogP contribution in [0.2, 0.25) is 5.02 Å². The first kappa shape index (κ1) is 26.9. The van der Waals surface area contributed by atoms with Crippen LogP contribution in [-0.4, -0.2) is 24.7 Å². The Morgan fingerprint density at radius 2 is 1.50 bits per heavy atom. The molecule has 0 aliphatic carbocycles. The van der Waals surface area contributed by atoms with E-state index in [9.17, 15) is 9.59 Å². The van der Waals surface area contributed by atoms with Gasteiger partial charge in [-0.05, 0) is 48.0 Å². The Morgan fingerprint density at radius 3 is 2.27 bits per heavy atom. The first-order valence-corrected chi connectivity index (χ1v) is 13.5. The first-order valence-electron chi connectivity index (χ1n) is 12.3. The molecule has 5 aromatic rings. The van der Waals surface area contributed by atoms with E-state index in [0.29, 0.717) is 33.6 Å². The van der Waals surface area contributed by atoms with Crippen molar-refractivity contribution >= 4 is 51.1 Å². The summed E-state index contributed by atoms with van der Waals surface area (Å²) in [6, 6.07) is 31.2. The van der Waals surface area contributed by atoms with Crippen molar-refractivity contribution < 1.29 is 23.8 Å². The Hall–Kier alpha value is -4.66. The van der Waals surface area contributed by atoms with Crippen LogP contribution in [0.5, 0.6) is 17.2 Å². The second kappa shape index (κ2) is 12.9. The fourth-order valence-corrected chi connectivity index (χ4v) is 5.08. The number of nitrogens with zero attached hydrogens (tertiary/aromatic N) is 1. The molecule has 4 aromatic carbocycles. The molecule has 0 aliphatic rings. The van der Waals surface area contributed by atoms with Crippen LogP contribution in [0.1, 0.15) is 20.8 Å². The molecule has 1 amide bonds. The summed E-state index contributed by atoms with van der Waals surface area (Å²) >= 11 is 7.68. The van der Waals surface area contributed by atoms with Crippen LogP contribution in [0.3, 0.4) is 0 Å². The number of esters is 1. The van der Waals surface area contributed by atoms with E-state index < -0.39 is 11.9 Å². The van der Waals surface area contributed by atoms with Crippen molar-refractivity contribution in [2.24, 2.45) is 5.10 Å². The van der Waals surface area contributed by atoms with Gasteiger partial charge in [-0.15, -0.1) is 11.3 Å². The number of hydrogen-bond donors (Lipinski definition) is 1. The molecule has 0 spiro atoms. The largest absolute Gasteiger partial charge is 0.489 e. The van der Waals surface area contributed by atoms with E-state index in [0.717, 1.165) is 15.6 Å². The van der Waals surface area contributed by atoms with Crippen molar-refractivity contribution in [3.63, 3.8) is 0 Å². The van der Waals surface area contributed by atoms with E-state index in [2.05, 4.69) is 10.5 Å². The maximum atomic E-state index is 12.8. The lowest BCUT2D eigenvalue weighted by atomic mass is 10.2. The van der Waals surface area contributed by atoms with Crippen LogP contribution in [0.25, 0.3) is 10.1 Å². The molecule has 5 rings (SSSR count). The maximum absolute atomic E-state index is 12.8. The monoisotopic (exact) mass is 570 g/mol. The highest BCUT2D eigenvalue weighted by atomic mass is 35.5. The standard InChI is InChI=1S/C31H23ClN2O5S/c32-29-25-11-5-7-13-27(25)40-30(29)31(36)39-26-12-6-4-10-22(26)18-33-34-28(35)20-38-24-16-14-23(15-17-24)37-19-21-8-2-1-3-9-21/h1-18H,19-20H2,(H,34,35)/b33-18-. The number of para-hydroxylation sites is 1. The Labute approximate surface area is 239 Å². The average Bonchev–Trinajstić information content (AvgIpc) is 3.33. The van der Waals surface area contributed by atoms with E-state index in [1.807, 2.05) is 54.6 Å². The van der Waals surface area contributed by atoms with Crippen LogP contribution in [0.15, 0.2) is 108 Å². The molecule has 7 nitrogen and oxygen atoms in total. The van der Waals surface area contributed by atoms with Gasteiger partial charge in [0.05, 0.1) is 11.2 Å². The van der Waals surface area contributed by atoms with Crippen LogP contribution in [0, 0.1) is 0 Å². The number of hydrazone groups is 1. The molecule has 0 saturated heterocycles. The number of carbonyl (C=O) groups is 2. The Morgan fingerprint density at radius 1 is 0.825 bits per heavy atom. The third-order valence-electron chi connectivity index (χ3n) is 5.68. The molecule has 0 atom stereocenters. The normalized spacial score (nSPS) is 10.9. The molecule has 200 valence electrons. The summed E-state index contributed by atoms with van der Waals surface area (Å²) in [6.07, 6.45) is 1.39. The van der Waals surface area contributed by atoms with Gasteiger partial charge in [0, 0.05) is 15.6 Å². The highest BCUT2D eigenvalue weighted by Gasteiger charge is 2.19. The highest BCUT2D eigenvalue weighted by Crippen LogP contribution is 2.36. The molecule has 0 saturated carbocycles. The molecule has 0 bridgehead atoms. The summed E-state index contributed by atoms with van der Waals surface area (Å²) < 4.78 is 17.8. The summed E-state index contributed by atoms with van der Waals surface area (Å²) in [5.41, 5.74) is 3.98. The lowest BCUT2D eigenvalue weighted by Gasteiger charge is -2.08. The summed E-state index contributed by atoms with van der Waals surface area (Å²) in [5, 5.41) is 5.13. The molecule has 0 unspecified atom stereocenters. The number of thiophene rings is 1. The second-order valence-electron chi connectivity index (χ2n) is 8.50. The van der Waals surface area contributed by atoms with Gasteiger partial charge < -0.3 is 14.2 Å². The van der Waals surface area contributed by atoms with Gasteiger partial charge in [-0.3, -0.25) is 4.79 Å². The number of ether oxygens (including phenoxy) is 3. The number of hydrogen-bond acceptors (Lipinski definition) is 7. The summed E-state index contributed by atoms with van der Waals surface area (Å²) in [4.78, 5) is 25.4. The zero-order chi connectivity index (χ0) is 27.7. The smallest absolute Gasteiger partial charge is 0.355 e. The predicted molar refractivity (Wildman–Crippen MR) is 157 cm³/mol. The number of halogens is 1. The third-order valence-corrected chi connectivity index (χ3v) is 7.33. The van der Waals surface area contributed by atoms with Crippen molar-refractivity contribution in [2.75, 3.05) is 6.61 Å². The van der Waals surface area contributed by atoms with Gasteiger partial charge in [0.1, 0.15) is 28.7 Å². The molecule has 0 radical (unpaired) electrons. The Kier molecular flexibility index (Phi) is 8.70. The van der Waals surface area contributed by atoms with Crippen molar-refractivity contribution in [1.29, 1.82) is 0 Å². The average molecular weight is 571 g/mol. The minimum absolute atomic E-state index is 0.234. The number of fused-ring (bicyclic) bond motifs is 1. The summed E-state index contributed by atoms with van der Waals surface area (Å²) in [6.45, 7) is 0.227. The van der Waals surface area contributed by atoms with Gasteiger partial charge in [0.25, 0.3) is 5.91 Å².